The number of carbonyl (C=O) groups is 3. The summed E-state index contributed by atoms with van der Waals surface area (Å²) in [4.78, 5) is 63.1. The van der Waals surface area contributed by atoms with Crippen molar-refractivity contribution in [2.24, 2.45) is 11.8 Å². The third kappa shape index (κ3) is 5.67. The number of esters is 1. The molecule has 0 unspecified atom stereocenters. The van der Waals surface area contributed by atoms with Crippen LogP contribution >= 0.6 is 11.3 Å². The maximum Gasteiger partial charge on any atom is 0.355 e. The Hall–Kier alpha value is -4.53. The fraction of sp³-hybridized carbons (Fsp3) is 0.382. The predicted molar refractivity (Wildman–Crippen MR) is 182 cm³/mol. The molecule has 1 aromatic carbocycles. The van der Waals surface area contributed by atoms with Crippen molar-refractivity contribution in [3.05, 3.63) is 98.8 Å². The summed E-state index contributed by atoms with van der Waals surface area (Å²) >= 11 is 1.32. The number of imidazole rings is 1. The van der Waals surface area contributed by atoms with Gasteiger partial charge in [-0.15, -0.1) is 11.3 Å². The van der Waals surface area contributed by atoms with Gasteiger partial charge in [-0.1, -0.05) is 27.7 Å². The average Bonchev–Trinajstić information content (AvgIpc) is 3.69. The zero-order valence-electron chi connectivity index (χ0n) is 27.8. The third-order valence-electron chi connectivity index (χ3n) is 9.77. The highest BCUT2D eigenvalue weighted by molar-refractivity contribution is 7.18. The number of nitrogens with zero attached hydrogens (tertiary/aromatic N) is 5. The molecule has 2 aliphatic rings. The van der Waals surface area contributed by atoms with Gasteiger partial charge in [0.15, 0.2) is 8.32 Å². The highest BCUT2D eigenvalue weighted by atomic mass is 32.1. The molecule has 1 saturated heterocycles. The number of fused-ring (bicyclic) bond motifs is 2. The Bertz CT molecular complexity index is 1960. The Kier molecular flexibility index (Phi) is 8.46. The summed E-state index contributed by atoms with van der Waals surface area (Å²) in [5, 5.41) is 11.0. The minimum atomic E-state index is -2.21. The third-order valence-corrected chi connectivity index (χ3v) is 15.5. The van der Waals surface area contributed by atoms with Crippen molar-refractivity contribution in [2.45, 2.75) is 71.5 Å². The first-order valence-electron chi connectivity index (χ1n) is 15.7. The maximum absolute atomic E-state index is 13.9. The molecule has 1 fully saturated rings. The number of benzene rings is 1. The van der Waals surface area contributed by atoms with Crippen LogP contribution in [0.15, 0.2) is 67.0 Å². The van der Waals surface area contributed by atoms with Gasteiger partial charge >= 0.3 is 5.97 Å². The molecule has 12 nitrogen and oxygen atoms in total. The number of ketones is 1. The lowest BCUT2D eigenvalue weighted by atomic mass is 9.77. The number of carbonyl (C=O) groups excluding carboxylic acids is 3. The lowest BCUT2D eigenvalue weighted by Crippen LogP contribution is -2.65. The molecule has 0 aliphatic carbocycles. The van der Waals surface area contributed by atoms with Crippen molar-refractivity contribution in [1.82, 2.24) is 19.3 Å². The molecule has 0 N–H and O–H groups in total. The van der Waals surface area contributed by atoms with E-state index in [2.05, 4.69) is 43.8 Å². The second-order valence-electron chi connectivity index (χ2n) is 13.8. The van der Waals surface area contributed by atoms with Crippen LogP contribution in [0.5, 0.6) is 0 Å². The Morgan fingerprint density at radius 1 is 1.17 bits per heavy atom. The number of pyridine rings is 1. The quantitative estimate of drug-likeness (QED) is 0.0470. The molecule has 0 bridgehead atoms. The Labute approximate surface area is 282 Å². The van der Waals surface area contributed by atoms with Gasteiger partial charge in [-0.3, -0.25) is 29.1 Å². The lowest BCUT2D eigenvalue weighted by molar-refractivity contribution is -0.384. The Balaban J connectivity index is 1.36. The van der Waals surface area contributed by atoms with Crippen molar-refractivity contribution in [3.63, 3.8) is 0 Å². The predicted octanol–water partition coefficient (Wildman–Crippen LogP) is 6.27. The van der Waals surface area contributed by atoms with Gasteiger partial charge in [-0.05, 0) is 54.9 Å². The standard InChI is InChI=1S/C34H37N5O7SSi/c1-19-25(24-16-37-18-36-27(32(37)47-24)30(40)22-9-8-14-35-15-22)29(33(42)45-17-21-10-12-23(13-11-21)39(43)44)38-28(19)26(31(38)41)20(2)46-48(6,7)34(3,4)5/h8-16,18-20,26,28H,17H2,1-7H3/t19-,20+,26+,28+/m0/s1. The van der Waals surface area contributed by atoms with Crippen molar-refractivity contribution in [3.8, 4) is 0 Å². The van der Waals surface area contributed by atoms with E-state index >= 15 is 0 Å². The van der Waals surface area contributed by atoms with Crippen molar-refractivity contribution >= 4 is 53.4 Å². The zero-order chi connectivity index (χ0) is 34.7. The molecule has 14 heteroatoms. The van der Waals surface area contributed by atoms with E-state index in [1.807, 2.05) is 20.0 Å². The molecule has 250 valence electrons. The van der Waals surface area contributed by atoms with Gasteiger partial charge in [0.2, 0.25) is 11.7 Å². The summed E-state index contributed by atoms with van der Waals surface area (Å²) in [6.07, 6.45) is 6.10. The number of ether oxygens (including phenoxy) is 1. The smallest absolute Gasteiger partial charge is 0.355 e. The first kappa shape index (κ1) is 33.4. The molecule has 0 radical (unpaired) electrons. The topological polar surface area (TPSA) is 146 Å². The van der Waals surface area contributed by atoms with E-state index in [0.29, 0.717) is 26.4 Å². The number of thiazole rings is 1. The minimum Gasteiger partial charge on any atom is -0.456 e. The number of β-lactam (4-membered cyclic amide) rings is 1. The number of nitro groups is 1. The minimum absolute atomic E-state index is 0.0525. The maximum atomic E-state index is 13.9. The van der Waals surface area contributed by atoms with Crippen LogP contribution in [0.2, 0.25) is 18.1 Å². The average molecular weight is 688 g/mol. The van der Waals surface area contributed by atoms with Crippen LogP contribution in [0.25, 0.3) is 10.4 Å². The number of rotatable bonds is 10. The number of amides is 1. The van der Waals surface area contributed by atoms with Crippen molar-refractivity contribution in [1.29, 1.82) is 0 Å². The molecule has 5 heterocycles. The molecule has 6 rings (SSSR count). The molecule has 0 saturated carbocycles. The fourth-order valence-corrected chi connectivity index (χ4v) is 8.87. The van der Waals surface area contributed by atoms with Crippen LogP contribution in [0, 0.1) is 22.0 Å². The van der Waals surface area contributed by atoms with Crippen molar-refractivity contribution in [2.75, 3.05) is 0 Å². The summed E-state index contributed by atoms with van der Waals surface area (Å²) in [7, 11) is -2.21. The Morgan fingerprint density at radius 2 is 1.88 bits per heavy atom. The molecule has 3 aromatic heterocycles. The van der Waals surface area contributed by atoms with E-state index in [9.17, 15) is 24.5 Å². The van der Waals surface area contributed by atoms with Crippen LogP contribution < -0.4 is 0 Å². The van der Waals surface area contributed by atoms with Gasteiger partial charge in [0.05, 0.1) is 27.9 Å². The van der Waals surface area contributed by atoms with Gasteiger partial charge in [0.25, 0.3) is 5.69 Å². The first-order valence-corrected chi connectivity index (χ1v) is 19.4. The Morgan fingerprint density at radius 3 is 2.50 bits per heavy atom. The van der Waals surface area contributed by atoms with Crippen LogP contribution in [0.4, 0.5) is 5.69 Å². The van der Waals surface area contributed by atoms with E-state index < -0.39 is 25.1 Å². The molecule has 1 amide bonds. The van der Waals surface area contributed by atoms with Gasteiger partial charge in [-0.2, -0.15) is 0 Å². The number of nitro benzene ring substituents is 1. The summed E-state index contributed by atoms with van der Waals surface area (Å²) < 4.78 is 14.2. The van der Waals surface area contributed by atoms with Crippen LogP contribution in [0.3, 0.4) is 0 Å². The molecule has 4 atom stereocenters. The second-order valence-corrected chi connectivity index (χ2v) is 19.6. The molecule has 4 aromatic rings. The number of hydrogen-bond donors (Lipinski definition) is 0. The molecule has 0 spiro atoms. The van der Waals surface area contributed by atoms with Gasteiger partial charge < -0.3 is 14.1 Å². The lowest BCUT2D eigenvalue weighted by Gasteiger charge is -2.50. The first-order chi connectivity index (χ1) is 22.6. The monoisotopic (exact) mass is 687 g/mol. The number of non-ortho nitro benzene ring substituents is 1. The zero-order valence-corrected chi connectivity index (χ0v) is 29.6. The molecule has 2 aliphatic heterocycles. The second kappa shape index (κ2) is 12.2. The summed E-state index contributed by atoms with van der Waals surface area (Å²) in [5.41, 5.74) is 1.98. The highest BCUT2D eigenvalue weighted by Gasteiger charge is 2.61. The molecular formula is C34H37N5O7SSi. The summed E-state index contributed by atoms with van der Waals surface area (Å²) in [5.74, 6) is -1.86. The van der Waals surface area contributed by atoms with E-state index in [0.717, 1.165) is 0 Å². The SMILES string of the molecule is C[C@@H](O[Si](C)(C)C(C)(C)C)[C@H]1C(=O)N2C(C(=O)OCc3ccc([N+](=O)[O-])cc3)=C(c3cn4cnc(C(=O)c5cccnc5)c4s3)[C@H](C)[C@H]12. The van der Waals surface area contributed by atoms with Crippen molar-refractivity contribution < 1.29 is 28.5 Å². The van der Waals surface area contributed by atoms with E-state index in [1.54, 1.807) is 34.0 Å². The van der Waals surface area contributed by atoms with E-state index in [4.69, 9.17) is 9.16 Å². The summed E-state index contributed by atoms with van der Waals surface area (Å²) in [6.45, 7) is 14.6. The van der Waals surface area contributed by atoms with Crippen LogP contribution in [-0.4, -0.2) is 62.3 Å². The van der Waals surface area contributed by atoms with Gasteiger partial charge in [-0.25, -0.2) is 9.78 Å². The fourth-order valence-electron chi connectivity index (χ4n) is 6.23. The largest absolute Gasteiger partial charge is 0.456 e. The van der Waals surface area contributed by atoms with Gasteiger partial charge in [0.1, 0.15) is 29.2 Å². The number of aromatic nitrogens is 3. The van der Waals surface area contributed by atoms with Crippen LogP contribution in [-0.2, 0) is 25.4 Å². The highest BCUT2D eigenvalue weighted by Crippen LogP contribution is 2.53. The molecular weight excluding hydrogens is 651 g/mol. The normalized spacial score (nSPS) is 20.1. The van der Waals surface area contributed by atoms with E-state index in [-0.39, 0.29) is 58.5 Å². The van der Waals surface area contributed by atoms with E-state index in [1.165, 1.54) is 41.8 Å². The molecule has 48 heavy (non-hydrogen) atoms. The summed E-state index contributed by atoms with van der Waals surface area (Å²) in [6, 6.07) is 8.80. The van der Waals surface area contributed by atoms with Crippen LogP contribution in [0.1, 0.15) is 61.1 Å². The van der Waals surface area contributed by atoms with Gasteiger partial charge in [0, 0.05) is 47.8 Å². The number of hydrogen-bond acceptors (Lipinski definition) is 10.